The molecule has 20 heavy (non-hydrogen) atoms. The molecule has 0 bridgehead atoms. The van der Waals surface area contributed by atoms with Gasteiger partial charge in [0.1, 0.15) is 0 Å². The van der Waals surface area contributed by atoms with Crippen molar-refractivity contribution in [3.8, 4) is 0 Å². The molecule has 0 aliphatic rings. The van der Waals surface area contributed by atoms with Crippen LogP contribution >= 0.6 is 0 Å². The highest BCUT2D eigenvalue weighted by Gasteiger charge is 2.26. The second kappa shape index (κ2) is 6.71. The fourth-order valence-electron chi connectivity index (χ4n) is 2.87. The summed E-state index contributed by atoms with van der Waals surface area (Å²) in [5.74, 6) is 0.990. The molecule has 0 heterocycles. The van der Waals surface area contributed by atoms with Gasteiger partial charge in [0, 0.05) is 12.0 Å². The molecule has 0 radical (unpaired) electrons. The van der Waals surface area contributed by atoms with E-state index in [1.54, 1.807) is 0 Å². The van der Waals surface area contributed by atoms with Gasteiger partial charge in [-0.2, -0.15) is 0 Å². The molecule has 0 aliphatic heterocycles. The summed E-state index contributed by atoms with van der Waals surface area (Å²) < 4.78 is 0. The molecule has 0 fully saturated rings. The average molecular weight is 267 g/mol. The molecule has 0 N–H and O–H groups in total. The SMILES string of the molecule is C[C@H](C(c1ccccc1)c1ccccc1)[C@@H](C)N(C)C. The molecule has 0 aromatic heterocycles. The van der Waals surface area contributed by atoms with Crippen molar-refractivity contribution in [3.63, 3.8) is 0 Å². The first-order chi connectivity index (χ1) is 9.61. The van der Waals surface area contributed by atoms with Crippen molar-refractivity contribution in [1.29, 1.82) is 0 Å². The molecule has 0 amide bonds. The van der Waals surface area contributed by atoms with Gasteiger partial charge in [-0.05, 0) is 38.1 Å². The first-order valence-corrected chi connectivity index (χ1v) is 7.37. The smallest absolute Gasteiger partial charge is 0.0130 e. The lowest BCUT2D eigenvalue weighted by Gasteiger charge is -2.33. The first kappa shape index (κ1) is 14.8. The number of rotatable bonds is 5. The van der Waals surface area contributed by atoms with E-state index in [0.717, 1.165) is 0 Å². The molecular formula is C19H25N. The monoisotopic (exact) mass is 267 g/mol. The average Bonchev–Trinajstić information content (AvgIpc) is 2.48. The van der Waals surface area contributed by atoms with E-state index in [9.17, 15) is 0 Å². The van der Waals surface area contributed by atoms with Gasteiger partial charge in [0.15, 0.2) is 0 Å². The lowest BCUT2D eigenvalue weighted by Crippen LogP contribution is -2.34. The Morgan fingerprint density at radius 2 is 1.10 bits per heavy atom. The summed E-state index contributed by atoms with van der Waals surface area (Å²) in [4.78, 5) is 2.31. The molecule has 2 atom stereocenters. The van der Waals surface area contributed by atoms with Gasteiger partial charge in [0.25, 0.3) is 0 Å². The normalized spacial score (nSPS) is 14.5. The molecule has 106 valence electrons. The van der Waals surface area contributed by atoms with Crippen LogP contribution in [0.25, 0.3) is 0 Å². The van der Waals surface area contributed by atoms with Crippen LogP contribution in [0.2, 0.25) is 0 Å². The summed E-state index contributed by atoms with van der Waals surface area (Å²) in [7, 11) is 4.32. The maximum atomic E-state index is 2.36. The predicted molar refractivity (Wildman–Crippen MR) is 87.0 cm³/mol. The third kappa shape index (κ3) is 3.29. The Morgan fingerprint density at radius 3 is 1.45 bits per heavy atom. The van der Waals surface area contributed by atoms with Gasteiger partial charge in [-0.3, -0.25) is 0 Å². The summed E-state index contributed by atoms with van der Waals surface area (Å²) in [5.41, 5.74) is 2.81. The van der Waals surface area contributed by atoms with E-state index in [4.69, 9.17) is 0 Å². The van der Waals surface area contributed by atoms with Crippen molar-refractivity contribution in [3.05, 3.63) is 71.8 Å². The number of hydrogen-bond acceptors (Lipinski definition) is 1. The highest BCUT2D eigenvalue weighted by molar-refractivity contribution is 5.33. The molecule has 0 saturated heterocycles. The Labute approximate surface area is 123 Å². The lowest BCUT2D eigenvalue weighted by atomic mass is 9.78. The largest absolute Gasteiger partial charge is 0.306 e. The summed E-state index contributed by atoms with van der Waals surface area (Å²) in [6.45, 7) is 4.67. The molecule has 2 rings (SSSR count). The third-order valence-electron chi connectivity index (χ3n) is 4.42. The van der Waals surface area contributed by atoms with Crippen LogP contribution in [-0.4, -0.2) is 25.0 Å². The van der Waals surface area contributed by atoms with E-state index in [-0.39, 0.29) is 0 Å². The minimum Gasteiger partial charge on any atom is -0.306 e. The van der Waals surface area contributed by atoms with E-state index >= 15 is 0 Å². The van der Waals surface area contributed by atoms with Crippen molar-refractivity contribution in [2.24, 2.45) is 5.92 Å². The van der Waals surface area contributed by atoms with Crippen molar-refractivity contribution in [2.45, 2.75) is 25.8 Å². The zero-order valence-electron chi connectivity index (χ0n) is 13.0. The maximum Gasteiger partial charge on any atom is 0.0130 e. The molecular weight excluding hydrogens is 242 g/mol. The van der Waals surface area contributed by atoms with Gasteiger partial charge in [-0.15, -0.1) is 0 Å². The summed E-state index contributed by atoms with van der Waals surface area (Å²) in [6.07, 6.45) is 0. The van der Waals surface area contributed by atoms with Crippen LogP contribution < -0.4 is 0 Å². The van der Waals surface area contributed by atoms with Crippen LogP contribution in [0.3, 0.4) is 0 Å². The summed E-state index contributed by atoms with van der Waals surface area (Å²) >= 11 is 0. The molecule has 0 aliphatic carbocycles. The van der Waals surface area contributed by atoms with Gasteiger partial charge in [-0.25, -0.2) is 0 Å². The van der Waals surface area contributed by atoms with E-state index < -0.39 is 0 Å². The van der Waals surface area contributed by atoms with Crippen molar-refractivity contribution in [2.75, 3.05) is 14.1 Å². The quantitative estimate of drug-likeness (QED) is 0.776. The topological polar surface area (TPSA) is 3.24 Å². The van der Waals surface area contributed by atoms with Gasteiger partial charge >= 0.3 is 0 Å². The third-order valence-corrected chi connectivity index (χ3v) is 4.42. The Hall–Kier alpha value is -1.60. The molecule has 0 saturated carbocycles. The molecule has 1 nitrogen and oxygen atoms in total. The second-order valence-corrected chi connectivity index (χ2v) is 5.86. The molecule has 0 spiro atoms. The lowest BCUT2D eigenvalue weighted by molar-refractivity contribution is 0.224. The summed E-state index contributed by atoms with van der Waals surface area (Å²) in [5, 5.41) is 0. The Bertz CT molecular complexity index is 464. The standard InChI is InChI=1S/C19H25N/c1-15(16(2)20(3)4)19(17-11-7-5-8-12-17)18-13-9-6-10-14-18/h5-16,19H,1-4H3/t15-,16+/m0/s1. The fraction of sp³-hybridized carbons (Fsp3) is 0.368. The van der Waals surface area contributed by atoms with Crippen LogP contribution in [0.5, 0.6) is 0 Å². The van der Waals surface area contributed by atoms with Gasteiger partial charge in [0.05, 0.1) is 0 Å². The maximum absolute atomic E-state index is 2.36. The van der Waals surface area contributed by atoms with Crippen molar-refractivity contribution >= 4 is 0 Å². The zero-order chi connectivity index (χ0) is 14.5. The Kier molecular flexibility index (Phi) is 4.97. The number of nitrogens with zero attached hydrogens (tertiary/aromatic N) is 1. The van der Waals surface area contributed by atoms with E-state index in [2.05, 4.69) is 93.5 Å². The molecule has 1 heteroatoms. The Morgan fingerprint density at radius 1 is 0.700 bits per heavy atom. The van der Waals surface area contributed by atoms with Gasteiger partial charge < -0.3 is 4.90 Å². The van der Waals surface area contributed by atoms with Crippen LogP contribution in [0, 0.1) is 5.92 Å². The van der Waals surface area contributed by atoms with Crippen molar-refractivity contribution in [1.82, 2.24) is 4.90 Å². The second-order valence-electron chi connectivity index (χ2n) is 5.86. The number of benzene rings is 2. The van der Waals surface area contributed by atoms with Gasteiger partial charge in [-0.1, -0.05) is 67.6 Å². The molecule has 0 unspecified atom stereocenters. The van der Waals surface area contributed by atoms with E-state index in [1.165, 1.54) is 11.1 Å². The zero-order valence-corrected chi connectivity index (χ0v) is 13.0. The van der Waals surface area contributed by atoms with Crippen LogP contribution in [0.4, 0.5) is 0 Å². The number of hydrogen-bond donors (Lipinski definition) is 0. The molecule has 2 aromatic carbocycles. The van der Waals surface area contributed by atoms with Crippen LogP contribution in [0.1, 0.15) is 30.9 Å². The van der Waals surface area contributed by atoms with Crippen molar-refractivity contribution < 1.29 is 0 Å². The molecule has 2 aromatic rings. The van der Waals surface area contributed by atoms with E-state index in [1.807, 2.05) is 0 Å². The fourth-order valence-corrected chi connectivity index (χ4v) is 2.87. The van der Waals surface area contributed by atoms with Gasteiger partial charge in [0.2, 0.25) is 0 Å². The Balaban J connectivity index is 2.40. The minimum atomic E-state index is 0.440. The predicted octanol–water partition coefficient (Wildman–Crippen LogP) is 4.40. The summed E-state index contributed by atoms with van der Waals surface area (Å²) in [6, 6.07) is 22.2. The highest BCUT2D eigenvalue weighted by Crippen LogP contribution is 2.34. The van der Waals surface area contributed by atoms with Crippen LogP contribution in [-0.2, 0) is 0 Å². The first-order valence-electron chi connectivity index (χ1n) is 7.37. The minimum absolute atomic E-state index is 0.440. The van der Waals surface area contributed by atoms with E-state index in [0.29, 0.717) is 17.9 Å². The highest BCUT2D eigenvalue weighted by atomic mass is 15.1. The van der Waals surface area contributed by atoms with Crippen LogP contribution in [0.15, 0.2) is 60.7 Å².